The maximum absolute atomic E-state index is 12.4. The van der Waals surface area contributed by atoms with Crippen LogP contribution in [0.5, 0.6) is 5.75 Å². The van der Waals surface area contributed by atoms with E-state index in [4.69, 9.17) is 21.4 Å². The Bertz CT molecular complexity index is 1140. The zero-order chi connectivity index (χ0) is 20.8. The van der Waals surface area contributed by atoms with Crippen molar-refractivity contribution in [1.29, 1.82) is 0 Å². The number of carbonyl (C=O) groups is 1. The molecule has 0 saturated heterocycles. The molecule has 0 aliphatic heterocycles. The Morgan fingerprint density at radius 1 is 1.07 bits per heavy atom. The lowest BCUT2D eigenvalue weighted by Crippen LogP contribution is -2.33. The second kappa shape index (κ2) is 9.19. The Morgan fingerprint density at radius 3 is 2.77 bits per heavy atom. The number of nitrogens with zero attached hydrogens (tertiary/aromatic N) is 1. The molecule has 0 bridgehead atoms. The Hall–Kier alpha value is -3.71. The number of aromatic nitrogens is 1. The fourth-order valence-electron chi connectivity index (χ4n) is 2.92. The van der Waals surface area contributed by atoms with Gasteiger partial charge in [0.05, 0.1) is 6.61 Å². The molecule has 0 saturated carbocycles. The number of benzene rings is 2. The molecular weight excluding hydrogens is 398 g/mol. The van der Waals surface area contributed by atoms with Crippen LogP contribution in [0.25, 0.3) is 11.0 Å². The summed E-state index contributed by atoms with van der Waals surface area (Å²) in [5.74, 6) is 0.453. The lowest BCUT2D eigenvalue weighted by Gasteiger charge is -2.11. The maximum Gasteiger partial charge on any atom is 0.293 e. The largest absolute Gasteiger partial charge is 0.493 e. The van der Waals surface area contributed by atoms with Gasteiger partial charge in [-0.25, -0.2) is 0 Å². The minimum Gasteiger partial charge on any atom is -0.493 e. The van der Waals surface area contributed by atoms with E-state index in [1.807, 2.05) is 42.5 Å². The number of anilines is 1. The summed E-state index contributed by atoms with van der Waals surface area (Å²) in [7, 11) is 0. The van der Waals surface area contributed by atoms with E-state index < -0.39 is 5.91 Å². The zero-order valence-corrected chi connectivity index (χ0v) is 16.8. The Labute approximate surface area is 178 Å². The van der Waals surface area contributed by atoms with E-state index in [1.165, 1.54) is 5.56 Å². The number of ether oxygens (including phenoxy) is 1. The van der Waals surface area contributed by atoms with Crippen LogP contribution in [-0.2, 0) is 6.42 Å². The van der Waals surface area contributed by atoms with Gasteiger partial charge >= 0.3 is 0 Å². The highest BCUT2D eigenvalue weighted by atomic mass is 32.1. The van der Waals surface area contributed by atoms with Crippen LogP contribution in [0.2, 0.25) is 0 Å². The molecule has 2 aromatic carbocycles. The van der Waals surface area contributed by atoms with Crippen LogP contribution in [0, 0.1) is 0 Å². The minimum atomic E-state index is -0.432. The van der Waals surface area contributed by atoms with Gasteiger partial charge < -0.3 is 14.5 Å². The number of carbonyl (C=O) groups excluding carboxylic acids is 1. The van der Waals surface area contributed by atoms with Gasteiger partial charge in [0.2, 0.25) is 0 Å². The molecule has 7 heteroatoms. The average molecular weight is 417 g/mol. The molecule has 2 aromatic heterocycles. The van der Waals surface area contributed by atoms with Crippen LogP contribution in [0.1, 0.15) is 16.1 Å². The van der Waals surface area contributed by atoms with Gasteiger partial charge in [0, 0.05) is 36.0 Å². The fraction of sp³-hybridized carbons (Fsp3) is 0.0870. The first-order valence-electron chi connectivity index (χ1n) is 9.40. The predicted molar refractivity (Wildman–Crippen MR) is 120 cm³/mol. The van der Waals surface area contributed by atoms with Crippen LogP contribution in [0.3, 0.4) is 0 Å². The molecule has 6 nitrogen and oxygen atoms in total. The molecule has 1 amide bonds. The van der Waals surface area contributed by atoms with Gasteiger partial charge in [-0.15, -0.1) is 0 Å². The highest BCUT2D eigenvalue weighted by Crippen LogP contribution is 2.19. The lowest BCUT2D eigenvalue weighted by molar-refractivity contribution is 0.0953. The summed E-state index contributed by atoms with van der Waals surface area (Å²) < 4.78 is 11.3. The van der Waals surface area contributed by atoms with Gasteiger partial charge in [0.15, 0.2) is 10.9 Å². The first kappa shape index (κ1) is 19.6. The van der Waals surface area contributed by atoms with Crippen molar-refractivity contribution in [3.05, 3.63) is 90.4 Å². The second-order valence-electron chi connectivity index (χ2n) is 6.54. The smallest absolute Gasteiger partial charge is 0.293 e. The fourth-order valence-corrected chi connectivity index (χ4v) is 3.13. The molecule has 2 heterocycles. The Balaban J connectivity index is 1.31. The van der Waals surface area contributed by atoms with Crippen molar-refractivity contribution in [2.45, 2.75) is 6.42 Å². The molecule has 4 rings (SSSR count). The van der Waals surface area contributed by atoms with E-state index in [0.29, 0.717) is 17.9 Å². The van der Waals surface area contributed by atoms with Crippen molar-refractivity contribution in [3.8, 4) is 5.75 Å². The molecule has 0 aliphatic rings. The molecule has 0 fully saturated rings. The van der Waals surface area contributed by atoms with Crippen LogP contribution < -0.4 is 15.4 Å². The summed E-state index contributed by atoms with van der Waals surface area (Å²) in [4.78, 5) is 16.4. The molecule has 150 valence electrons. The molecule has 0 aliphatic carbocycles. The molecule has 4 aromatic rings. The van der Waals surface area contributed by atoms with Crippen molar-refractivity contribution in [3.63, 3.8) is 0 Å². The number of nitrogens with one attached hydrogen (secondary N) is 2. The third kappa shape index (κ3) is 5.01. The first-order valence-corrected chi connectivity index (χ1v) is 9.81. The monoisotopic (exact) mass is 417 g/mol. The van der Waals surface area contributed by atoms with Gasteiger partial charge in [-0.1, -0.05) is 36.4 Å². The lowest BCUT2D eigenvalue weighted by atomic mass is 10.2. The van der Waals surface area contributed by atoms with Crippen molar-refractivity contribution < 1.29 is 13.9 Å². The molecule has 0 unspecified atom stereocenters. The number of rotatable bonds is 6. The van der Waals surface area contributed by atoms with E-state index in [9.17, 15) is 4.79 Å². The van der Waals surface area contributed by atoms with Crippen molar-refractivity contribution in [2.24, 2.45) is 0 Å². The first-order chi connectivity index (χ1) is 14.7. The van der Waals surface area contributed by atoms with E-state index in [0.717, 1.165) is 17.6 Å². The van der Waals surface area contributed by atoms with Crippen molar-refractivity contribution in [2.75, 3.05) is 11.9 Å². The van der Waals surface area contributed by atoms with Gasteiger partial charge in [0.25, 0.3) is 5.91 Å². The summed E-state index contributed by atoms with van der Waals surface area (Å²) in [5, 5.41) is 6.52. The van der Waals surface area contributed by atoms with Crippen LogP contribution in [-0.4, -0.2) is 22.6 Å². The predicted octanol–water partition coefficient (Wildman–Crippen LogP) is 4.58. The zero-order valence-electron chi connectivity index (χ0n) is 16.0. The van der Waals surface area contributed by atoms with E-state index in [2.05, 4.69) is 27.8 Å². The molecule has 2 N–H and O–H groups in total. The number of pyridine rings is 1. The van der Waals surface area contributed by atoms with E-state index >= 15 is 0 Å². The van der Waals surface area contributed by atoms with Crippen molar-refractivity contribution >= 4 is 39.9 Å². The van der Waals surface area contributed by atoms with Crippen LogP contribution >= 0.6 is 12.2 Å². The molecule has 0 spiro atoms. The molecule has 0 radical (unpaired) electrons. The molecule has 0 atom stereocenters. The quantitative estimate of drug-likeness (QED) is 0.448. The van der Waals surface area contributed by atoms with Gasteiger partial charge in [-0.3, -0.25) is 15.1 Å². The average Bonchev–Trinajstić information content (AvgIpc) is 3.19. The van der Waals surface area contributed by atoms with E-state index in [1.54, 1.807) is 24.5 Å². The number of fused-ring (bicyclic) bond motifs is 1. The standard InChI is InChI=1S/C23H19N3O3S/c27-22(21-13-17-15-24-11-9-20(17)29-21)26-23(30)25-18-7-4-8-19(14-18)28-12-10-16-5-2-1-3-6-16/h1-9,11,13-15H,10,12H2,(H2,25,26,27,30). The molecule has 30 heavy (non-hydrogen) atoms. The second-order valence-corrected chi connectivity index (χ2v) is 6.95. The highest BCUT2D eigenvalue weighted by molar-refractivity contribution is 7.80. The van der Waals surface area contributed by atoms with Gasteiger partial charge in [-0.2, -0.15) is 0 Å². The third-order valence-electron chi connectivity index (χ3n) is 4.36. The summed E-state index contributed by atoms with van der Waals surface area (Å²) in [6, 6.07) is 20.9. The normalized spacial score (nSPS) is 10.5. The number of thiocarbonyl (C=S) groups is 1. The molecular formula is C23H19N3O3S. The van der Waals surface area contributed by atoms with Crippen LogP contribution in [0.4, 0.5) is 5.69 Å². The Morgan fingerprint density at radius 2 is 1.93 bits per heavy atom. The number of amides is 1. The minimum absolute atomic E-state index is 0.167. The highest BCUT2D eigenvalue weighted by Gasteiger charge is 2.14. The van der Waals surface area contributed by atoms with Gasteiger partial charge in [0.1, 0.15) is 11.3 Å². The topological polar surface area (TPSA) is 76.4 Å². The Kier molecular flexibility index (Phi) is 6.01. The van der Waals surface area contributed by atoms with Gasteiger partial charge in [-0.05, 0) is 42.0 Å². The number of furan rings is 1. The van der Waals surface area contributed by atoms with Crippen LogP contribution in [0.15, 0.2) is 83.5 Å². The SMILES string of the molecule is O=C(NC(=S)Nc1cccc(OCCc2ccccc2)c1)c1cc2cnccc2o1. The summed E-state index contributed by atoms with van der Waals surface area (Å²) in [6.45, 7) is 0.565. The summed E-state index contributed by atoms with van der Waals surface area (Å²) in [5.41, 5.74) is 2.53. The van der Waals surface area contributed by atoms with Crippen molar-refractivity contribution in [1.82, 2.24) is 10.3 Å². The third-order valence-corrected chi connectivity index (χ3v) is 4.57. The summed E-state index contributed by atoms with van der Waals surface area (Å²) in [6.07, 6.45) is 4.06. The maximum atomic E-state index is 12.4. The number of hydrogen-bond acceptors (Lipinski definition) is 5. The number of hydrogen-bond donors (Lipinski definition) is 2. The van der Waals surface area contributed by atoms with E-state index in [-0.39, 0.29) is 10.9 Å². The summed E-state index contributed by atoms with van der Waals surface area (Å²) >= 11 is 5.25.